The van der Waals surface area contributed by atoms with Crippen LogP contribution >= 0.6 is 0 Å². The van der Waals surface area contributed by atoms with Gasteiger partial charge in [0.15, 0.2) is 11.3 Å². The summed E-state index contributed by atoms with van der Waals surface area (Å²) in [6.45, 7) is 0.597. The number of aromatic nitrogens is 6. The number of benzene rings is 4. The second-order valence-corrected chi connectivity index (χ2v) is 11.3. The minimum Gasteiger partial charge on any atom is -0.381 e. The van der Waals surface area contributed by atoms with Crippen LogP contribution in [0.5, 0.6) is 0 Å². The molecule has 0 amide bonds. The van der Waals surface area contributed by atoms with E-state index in [9.17, 15) is 14.9 Å². The molecule has 10 heteroatoms. The van der Waals surface area contributed by atoms with Crippen molar-refractivity contribution in [3.8, 4) is 39.7 Å². The van der Waals surface area contributed by atoms with Gasteiger partial charge >= 0.3 is 0 Å². The number of hydrogen-bond acceptors (Lipinski definition) is 6. The van der Waals surface area contributed by atoms with Crippen molar-refractivity contribution in [2.24, 2.45) is 0 Å². The number of anilines is 1. The van der Waals surface area contributed by atoms with Gasteiger partial charge in [-0.25, -0.2) is 9.97 Å². The summed E-state index contributed by atoms with van der Waals surface area (Å²) in [5.41, 5.74) is 8.39. The van der Waals surface area contributed by atoms with Crippen molar-refractivity contribution in [1.29, 1.82) is 5.26 Å². The second kappa shape index (κ2) is 11.7. The van der Waals surface area contributed by atoms with Gasteiger partial charge in [-0.3, -0.25) is 9.59 Å². The number of fused-ring (bicyclic) bond motifs is 2. The Balaban J connectivity index is 1.03. The highest BCUT2D eigenvalue weighted by Crippen LogP contribution is 2.31. The summed E-state index contributed by atoms with van der Waals surface area (Å²) in [4.78, 5) is 40.1. The predicted octanol–water partition coefficient (Wildman–Crippen LogP) is 6.56. The Hall–Kier alpha value is -6.99. The molecule has 48 heavy (non-hydrogen) atoms. The van der Waals surface area contributed by atoms with Gasteiger partial charge < -0.3 is 24.4 Å². The molecule has 0 saturated carbocycles. The number of nitriles is 1. The minimum absolute atomic E-state index is 0.181. The van der Waals surface area contributed by atoms with Crippen molar-refractivity contribution in [3.05, 3.63) is 160 Å². The van der Waals surface area contributed by atoms with Crippen molar-refractivity contribution in [1.82, 2.24) is 29.1 Å². The van der Waals surface area contributed by atoms with Crippen molar-refractivity contribution >= 4 is 27.8 Å². The molecule has 0 spiro atoms. The van der Waals surface area contributed by atoms with Crippen LogP contribution in [-0.4, -0.2) is 29.1 Å². The lowest BCUT2D eigenvalue weighted by Gasteiger charge is -2.10. The van der Waals surface area contributed by atoms with Gasteiger partial charge in [-0.1, -0.05) is 54.6 Å². The van der Waals surface area contributed by atoms with Crippen LogP contribution in [0.1, 0.15) is 11.1 Å². The first-order chi connectivity index (χ1) is 23.6. The molecule has 0 aliphatic carbocycles. The van der Waals surface area contributed by atoms with Crippen LogP contribution in [0.2, 0.25) is 0 Å². The highest BCUT2D eigenvalue weighted by molar-refractivity contribution is 5.95. The van der Waals surface area contributed by atoms with Crippen LogP contribution in [-0.2, 0) is 6.54 Å². The molecule has 0 atom stereocenters. The highest BCUT2D eigenvalue weighted by Gasteiger charge is 2.17. The van der Waals surface area contributed by atoms with Gasteiger partial charge in [0.1, 0.15) is 0 Å². The van der Waals surface area contributed by atoms with E-state index in [1.54, 1.807) is 12.1 Å². The lowest BCUT2D eigenvalue weighted by molar-refractivity contribution is 1.06. The van der Waals surface area contributed by atoms with Crippen LogP contribution < -0.4 is 16.4 Å². The van der Waals surface area contributed by atoms with Crippen LogP contribution in [0.25, 0.3) is 55.7 Å². The van der Waals surface area contributed by atoms with Crippen molar-refractivity contribution in [3.63, 3.8) is 0 Å². The van der Waals surface area contributed by atoms with Crippen molar-refractivity contribution < 1.29 is 0 Å². The Morgan fingerprint density at radius 1 is 0.646 bits per heavy atom. The van der Waals surface area contributed by atoms with Crippen molar-refractivity contribution in [2.75, 3.05) is 5.32 Å². The van der Waals surface area contributed by atoms with Gasteiger partial charge in [-0.05, 0) is 65.2 Å². The largest absolute Gasteiger partial charge is 0.381 e. The fraction of sp³-hybridized carbons (Fsp3) is 0.0263. The maximum Gasteiger partial charge on any atom is 0.260 e. The van der Waals surface area contributed by atoms with Gasteiger partial charge in [-0.15, -0.1) is 0 Å². The van der Waals surface area contributed by atoms with Crippen LogP contribution in [0.3, 0.4) is 0 Å². The maximum absolute atomic E-state index is 12.9. The zero-order valence-electron chi connectivity index (χ0n) is 25.4. The number of para-hydroxylation sites is 1. The molecule has 3 N–H and O–H groups in total. The number of aromatic amines is 2. The molecule has 8 rings (SSSR count). The summed E-state index contributed by atoms with van der Waals surface area (Å²) >= 11 is 0. The predicted molar refractivity (Wildman–Crippen MR) is 186 cm³/mol. The third-order valence-electron chi connectivity index (χ3n) is 8.44. The molecule has 0 saturated heterocycles. The molecule has 0 radical (unpaired) electrons. The molecule has 0 bridgehead atoms. The lowest BCUT2D eigenvalue weighted by Crippen LogP contribution is -2.07. The van der Waals surface area contributed by atoms with E-state index in [-0.39, 0.29) is 11.1 Å². The fourth-order valence-electron chi connectivity index (χ4n) is 6.03. The molecule has 4 aromatic heterocycles. The van der Waals surface area contributed by atoms with Gasteiger partial charge in [0.05, 0.1) is 35.1 Å². The van der Waals surface area contributed by atoms with Gasteiger partial charge in [-0.2, -0.15) is 5.26 Å². The zero-order valence-corrected chi connectivity index (χ0v) is 25.4. The first-order valence-corrected chi connectivity index (χ1v) is 15.2. The number of rotatable bonds is 7. The number of nitrogens with one attached hydrogen (secondary N) is 3. The van der Waals surface area contributed by atoms with Crippen molar-refractivity contribution in [2.45, 2.75) is 6.54 Å². The number of nitrogens with zero attached hydrogens (tertiary/aromatic N) is 5. The SMILES string of the molecule is N#Cc1ccc(-c2cn(-c3ccc(NCc4ccc(-c5cn(-c6ccccc6)c6nc[nH]c(=O)c56)cc4)cc3)c3nc[nH]c(=O)c23)cc1. The normalized spacial score (nSPS) is 11.1. The molecule has 0 unspecified atom stereocenters. The third kappa shape index (κ3) is 5.02. The number of H-pyrrole nitrogens is 2. The standard InChI is InChI=1S/C38H26N8O2/c39-18-24-6-10-26(11-7-24)32-21-46(36-34(32)38(48)44-23-42-36)30-16-14-28(15-17-30)40-19-25-8-12-27(13-9-25)31-20-45(29-4-2-1-3-5-29)35-33(31)37(47)43-22-41-35/h1-17,20-23,40H,19H2,(H,41,43,47)(H,42,44,48). The molecule has 0 aliphatic rings. The Labute approximate surface area is 273 Å². The summed E-state index contributed by atoms with van der Waals surface area (Å²) in [6.07, 6.45) is 6.70. The summed E-state index contributed by atoms with van der Waals surface area (Å²) in [6, 6.07) is 35.2. The fourth-order valence-corrected chi connectivity index (χ4v) is 6.03. The first-order valence-electron chi connectivity index (χ1n) is 15.2. The zero-order chi connectivity index (χ0) is 32.6. The first kappa shape index (κ1) is 28.5. The third-order valence-corrected chi connectivity index (χ3v) is 8.44. The van der Waals surface area contributed by atoms with Gasteiger partial charge in [0, 0.05) is 47.1 Å². The molecule has 0 fully saturated rings. The van der Waals surface area contributed by atoms with Crippen LogP contribution in [0.15, 0.2) is 138 Å². The van der Waals surface area contributed by atoms with E-state index >= 15 is 0 Å². The van der Waals surface area contributed by atoms with E-state index in [0.29, 0.717) is 34.2 Å². The molecular formula is C38H26N8O2. The minimum atomic E-state index is -0.229. The summed E-state index contributed by atoms with van der Waals surface area (Å²) in [5, 5.41) is 13.7. The van der Waals surface area contributed by atoms with Gasteiger partial charge in [0.2, 0.25) is 0 Å². The summed E-state index contributed by atoms with van der Waals surface area (Å²) < 4.78 is 3.84. The van der Waals surface area contributed by atoms with E-state index < -0.39 is 0 Å². The van der Waals surface area contributed by atoms with Gasteiger partial charge in [0.25, 0.3) is 11.1 Å². The lowest BCUT2D eigenvalue weighted by atomic mass is 10.0. The Morgan fingerprint density at radius 3 is 1.71 bits per heavy atom. The second-order valence-electron chi connectivity index (χ2n) is 11.3. The quantitative estimate of drug-likeness (QED) is 0.183. The van der Waals surface area contributed by atoms with E-state index in [0.717, 1.165) is 44.9 Å². The smallest absolute Gasteiger partial charge is 0.260 e. The van der Waals surface area contributed by atoms with Crippen LogP contribution in [0, 0.1) is 11.3 Å². The van der Waals surface area contributed by atoms with E-state index in [1.165, 1.54) is 12.7 Å². The molecule has 4 aromatic carbocycles. The summed E-state index contributed by atoms with van der Waals surface area (Å²) in [7, 11) is 0. The Bertz CT molecular complexity index is 2590. The maximum atomic E-state index is 12.9. The molecule has 4 heterocycles. The highest BCUT2D eigenvalue weighted by atomic mass is 16.1. The average Bonchev–Trinajstić information content (AvgIpc) is 3.73. The monoisotopic (exact) mass is 626 g/mol. The van der Waals surface area contributed by atoms with Crippen LogP contribution in [0.4, 0.5) is 5.69 Å². The topological polar surface area (TPSA) is 137 Å². The average molecular weight is 627 g/mol. The Morgan fingerprint density at radius 2 is 1.17 bits per heavy atom. The Kier molecular flexibility index (Phi) is 6.97. The number of hydrogen-bond donors (Lipinski definition) is 3. The van der Waals surface area contributed by atoms with E-state index in [1.807, 2.05) is 113 Å². The van der Waals surface area contributed by atoms with E-state index in [4.69, 9.17) is 0 Å². The molecular weight excluding hydrogens is 600 g/mol. The molecule has 230 valence electrons. The molecule has 0 aliphatic heterocycles. The summed E-state index contributed by atoms with van der Waals surface area (Å²) in [5.74, 6) is 0. The molecule has 10 nitrogen and oxygen atoms in total. The van der Waals surface area contributed by atoms with E-state index in [2.05, 4.69) is 31.3 Å². The molecule has 8 aromatic rings.